The molecule has 6 rings (SSSR count). The van der Waals surface area contributed by atoms with E-state index in [1.807, 2.05) is 0 Å². The van der Waals surface area contributed by atoms with E-state index in [1.165, 1.54) is 41.3 Å². The number of aliphatic hydroxyl groups excluding tert-OH is 3. The lowest BCUT2D eigenvalue weighted by Gasteiger charge is -2.41. The topological polar surface area (TPSA) is 223 Å². The predicted octanol–water partition coefficient (Wildman–Crippen LogP) is 0.760. The zero-order valence-electron chi connectivity index (χ0n) is 23.0. The molecule has 0 amide bonds. The summed E-state index contributed by atoms with van der Waals surface area (Å²) >= 11 is 0. The normalized spacial score (nSPS) is 22.2. The quantitative estimate of drug-likeness (QED) is 0.0988. The molecule has 0 unspecified atom stereocenters. The zero-order valence-corrected chi connectivity index (χ0v) is 23.0. The molecule has 1 aliphatic rings. The molecule has 0 spiro atoms. The lowest BCUT2D eigenvalue weighted by atomic mass is 9.99. The van der Waals surface area contributed by atoms with Crippen LogP contribution >= 0.6 is 0 Å². The van der Waals surface area contributed by atoms with Crippen LogP contribution in [0.2, 0.25) is 0 Å². The summed E-state index contributed by atoms with van der Waals surface area (Å²) in [6, 6.07) is 12.2. The lowest BCUT2D eigenvalue weighted by molar-refractivity contribution is -0.288. The smallest absolute Gasteiger partial charge is 0.346 e. The van der Waals surface area contributed by atoms with Gasteiger partial charge >= 0.3 is 11.9 Å². The van der Waals surface area contributed by atoms with Gasteiger partial charge in [-0.1, -0.05) is 12.1 Å². The van der Waals surface area contributed by atoms with Crippen LogP contribution in [-0.4, -0.2) is 90.6 Å². The predicted molar refractivity (Wildman–Crippen MR) is 152 cm³/mol. The minimum absolute atomic E-state index is 0.0446. The van der Waals surface area contributed by atoms with Crippen molar-refractivity contribution >= 4 is 33.8 Å². The Morgan fingerprint density at radius 2 is 1.82 bits per heavy atom. The Morgan fingerprint density at radius 3 is 2.56 bits per heavy atom. The number of rotatable bonds is 9. The number of nitrogens with one attached hydrogen (secondary N) is 1. The number of benzene rings is 2. The number of hydrogen-bond acceptors (Lipinski definition) is 12. The van der Waals surface area contributed by atoms with Gasteiger partial charge in [-0.3, -0.25) is 4.79 Å². The van der Waals surface area contributed by atoms with Crippen LogP contribution in [0.4, 0.5) is 0 Å². The molecule has 15 heteroatoms. The summed E-state index contributed by atoms with van der Waals surface area (Å²) in [7, 11) is 0. The van der Waals surface area contributed by atoms with Gasteiger partial charge in [0.2, 0.25) is 18.5 Å². The molecule has 5 aromatic rings. The summed E-state index contributed by atoms with van der Waals surface area (Å²) in [5.41, 5.74) is 1.34. The van der Waals surface area contributed by atoms with Crippen LogP contribution < -0.4 is 15.0 Å². The third kappa shape index (κ3) is 5.92. The number of aromatic nitrogens is 2. The van der Waals surface area contributed by atoms with Gasteiger partial charge in [0.05, 0.1) is 28.9 Å². The van der Waals surface area contributed by atoms with Crippen molar-refractivity contribution in [1.29, 1.82) is 0 Å². The fourth-order valence-electron chi connectivity index (χ4n) is 4.87. The molecule has 0 saturated carbocycles. The molecular formula is C30H26N2O13. The van der Waals surface area contributed by atoms with Crippen molar-refractivity contribution in [1.82, 2.24) is 9.71 Å². The highest BCUT2D eigenvalue weighted by atomic mass is 16.8. The molecule has 4 heterocycles. The number of nitrogens with zero attached hydrogens (tertiary/aromatic N) is 1. The van der Waals surface area contributed by atoms with Gasteiger partial charge in [0.1, 0.15) is 48.3 Å². The van der Waals surface area contributed by atoms with Gasteiger partial charge in [0.25, 0.3) is 0 Å². The number of H-pyrrole nitrogens is 1. The number of carboxylic acid groups (broad SMARTS) is 1. The number of fused-ring (bicyclic) bond motifs is 2. The van der Waals surface area contributed by atoms with Crippen LogP contribution in [0.5, 0.6) is 11.5 Å². The van der Waals surface area contributed by atoms with Crippen molar-refractivity contribution in [2.75, 3.05) is 6.61 Å². The molecule has 3 aromatic heterocycles. The number of esters is 1. The monoisotopic (exact) mass is 622 g/mol. The minimum Gasteiger partial charge on any atom is -0.508 e. The molecule has 45 heavy (non-hydrogen) atoms. The van der Waals surface area contributed by atoms with Crippen molar-refractivity contribution in [3.05, 3.63) is 83.6 Å². The summed E-state index contributed by atoms with van der Waals surface area (Å²) < 4.78 is 23.6. The number of hydrogen-bond donors (Lipinski definition) is 6. The maximum Gasteiger partial charge on any atom is 0.346 e. The third-order valence-corrected chi connectivity index (χ3v) is 7.25. The van der Waals surface area contributed by atoms with Crippen molar-refractivity contribution in [2.24, 2.45) is 0 Å². The Hall–Kier alpha value is -5.35. The number of aromatic amines is 1. The number of aliphatic hydroxyl groups is 3. The van der Waals surface area contributed by atoms with E-state index in [0.29, 0.717) is 5.56 Å². The largest absolute Gasteiger partial charge is 0.508 e. The Kier molecular flexibility index (Phi) is 7.90. The second-order valence-corrected chi connectivity index (χ2v) is 10.2. The lowest BCUT2D eigenvalue weighted by Crippen LogP contribution is -2.63. The van der Waals surface area contributed by atoms with E-state index >= 15 is 0 Å². The minimum atomic E-state index is -2.46. The van der Waals surface area contributed by atoms with Gasteiger partial charge in [-0.2, -0.15) is 4.73 Å². The maximum absolute atomic E-state index is 13.2. The average Bonchev–Trinajstić information content (AvgIpc) is 3.62. The highest BCUT2D eigenvalue weighted by Crippen LogP contribution is 2.29. The van der Waals surface area contributed by atoms with Crippen molar-refractivity contribution in [2.45, 2.75) is 36.8 Å². The van der Waals surface area contributed by atoms with E-state index in [1.54, 1.807) is 36.8 Å². The summed E-state index contributed by atoms with van der Waals surface area (Å²) in [6.07, 6.45) is -3.90. The number of carbonyl (C=O) groups excluding carboxylic acids is 1. The van der Waals surface area contributed by atoms with Crippen LogP contribution in [0.25, 0.3) is 33.0 Å². The highest BCUT2D eigenvalue weighted by Gasteiger charge is 2.49. The number of phenols is 1. The van der Waals surface area contributed by atoms with Crippen molar-refractivity contribution in [3.63, 3.8) is 0 Å². The fraction of sp³-hybridized carbons (Fsp3) is 0.233. The molecule has 0 bridgehead atoms. The molecule has 6 atom stereocenters. The molecule has 0 aliphatic carbocycles. The number of phenolic OH excluding ortho intramolecular Hbond substituents is 1. The Balaban J connectivity index is 1.27. The standard InChI is InChI=1S/C30H26N2O13/c33-16-3-1-14(2-4-16)19-12-41-21-9-17(5-6-18(21)23(19)34)43-30-27(45-32-10-15-7-8-31-20(15)11-32)25(36)24(35)22(44-30)13-42-29(40)26(37)28(38)39/h1-12,22,24-27,30-31,33,35-37H,13H2,(H,38,39)/t22-,24-,25+,26-,27-,30-/m0/s1. The van der Waals surface area contributed by atoms with Gasteiger partial charge in [-0.05, 0) is 35.9 Å². The molecule has 15 nitrogen and oxygen atoms in total. The average molecular weight is 623 g/mol. The van der Waals surface area contributed by atoms with E-state index in [0.717, 1.165) is 10.9 Å². The molecule has 2 aromatic carbocycles. The number of carboxylic acids is 1. The van der Waals surface area contributed by atoms with Crippen molar-refractivity contribution < 1.29 is 58.6 Å². The van der Waals surface area contributed by atoms with Crippen molar-refractivity contribution in [3.8, 4) is 22.6 Å². The molecule has 1 fully saturated rings. The second kappa shape index (κ2) is 12.0. The third-order valence-electron chi connectivity index (χ3n) is 7.25. The van der Waals surface area contributed by atoms with Gasteiger partial charge in [-0.25, -0.2) is 9.59 Å². The number of aliphatic carboxylic acids is 1. The van der Waals surface area contributed by atoms with Crippen LogP contribution in [0, 0.1) is 0 Å². The first-order valence-corrected chi connectivity index (χ1v) is 13.5. The Morgan fingerprint density at radius 1 is 1.04 bits per heavy atom. The SMILES string of the molecule is O=C(O)[C@H](O)C(=O)OC[C@@H]1O[C@H](Oc2ccc3c(=O)c(-c4ccc(O)cc4)coc3c2)[C@@H](On2cc3cc[nH]c3c2)[C@H](O)[C@H]1O. The number of aromatic hydroxyl groups is 1. The Labute approximate surface area is 251 Å². The molecule has 234 valence electrons. The first kappa shape index (κ1) is 29.7. The van der Waals surface area contributed by atoms with Gasteiger partial charge in [0.15, 0.2) is 5.43 Å². The van der Waals surface area contributed by atoms with E-state index in [-0.39, 0.29) is 33.5 Å². The van der Waals surface area contributed by atoms with E-state index in [9.17, 15) is 34.8 Å². The fourth-order valence-corrected chi connectivity index (χ4v) is 4.87. The Bertz CT molecular complexity index is 1880. The van der Waals surface area contributed by atoms with Gasteiger partial charge in [0, 0.05) is 17.6 Å². The van der Waals surface area contributed by atoms with Crippen LogP contribution in [-0.2, 0) is 19.1 Å². The molecule has 1 saturated heterocycles. The van der Waals surface area contributed by atoms with E-state index in [4.69, 9.17) is 28.6 Å². The summed E-state index contributed by atoms with van der Waals surface area (Å²) in [6.45, 7) is -0.743. The zero-order chi connectivity index (χ0) is 31.8. The van der Waals surface area contributed by atoms with E-state index in [2.05, 4.69) is 4.98 Å². The van der Waals surface area contributed by atoms with Crippen LogP contribution in [0.3, 0.4) is 0 Å². The van der Waals surface area contributed by atoms with Gasteiger partial charge in [-0.15, -0.1) is 0 Å². The van der Waals surface area contributed by atoms with E-state index < -0.39 is 55.4 Å². The number of ether oxygens (including phenoxy) is 3. The van der Waals surface area contributed by atoms with Crippen LogP contribution in [0.1, 0.15) is 0 Å². The maximum atomic E-state index is 13.2. The first-order chi connectivity index (χ1) is 21.6. The molecule has 1 aliphatic heterocycles. The molecular weight excluding hydrogens is 596 g/mol. The molecule has 6 N–H and O–H groups in total. The first-order valence-electron chi connectivity index (χ1n) is 13.5. The van der Waals surface area contributed by atoms with Crippen LogP contribution in [0.15, 0.2) is 82.6 Å². The summed E-state index contributed by atoms with van der Waals surface area (Å²) in [4.78, 5) is 44.9. The number of carbonyl (C=O) groups is 2. The summed E-state index contributed by atoms with van der Waals surface area (Å²) in [5.74, 6) is -3.17. The summed E-state index contributed by atoms with van der Waals surface area (Å²) in [5, 5.41) is 50.7. The molecule has 0 radical (unpaired) electrons. The van der Waals surface area contributed by atoms with Gasteiger partial charge < -0.3 is 54.0 Å². The highest BCUT2D eigenvalue weighted by molar-refractivity contribution is 5.96. The second-order valence-electron chi connectivity index (χ2n) is 10.2.